The highest BCUT2D eigenvalue weighted by atomic mass is 16.1. The molecule has 1 heterocycles. The lowest BCUT2D eigenvalue weighted by Gasteiger charge is -2.12. The number of nitrogen functional groups attached to an aromatic ring is 1. The number of benzene rings is 2. The summed E-state index contributed by atoms with van der Waals surface area (Å²) in [4.78, 5) is 14.4. The van der Waals surface area contributed by atoms with Crippen molar-refractivity contribution in [2.24, 2.45) is 0 Å². The lowest BCUT2D eigenvalue weighted by Crippen LogP contribution is -2.16. The van der Waals surface area contributed by atoms with Crippen molar-refractivity contribution in [2.75, 3.05) is 30.0 Å². The SMILES string of the molecule is CN(C)c1ccc(NC(=O)Cc2nn(-c3ccccc3)c(N)c2C#N)cc1. The number of hydrogen-bond donors (Lipinski definition) is 2. The Labute approximate surface area is 157 Å². The summed E-state index contributed by atoms with van der Waals surface area (Å²) in [6, 6.07) is 18.8. The maximum atomic E-state index is 12.4. The molecule has 136 valence electrons. The number of aromatic nitrogens is 2. The molecule has 0 atom stereocenters. The van der Waals surface area contributed by atoms with Crippen LogP contribution in [0.5, 0.6) is 0 Å². The Morgan fingerprint density at radius 2 is 1.85 bits per heavy atom. The molecule has 7 nitrogen and oxygen atoms in total. The number of nitrogens with zero attached hydrogens (tertiary/aromatic N) is 4. The molecule has 0 aliphatic heterocycles. The lowest BCUT2D eigenvalue weighted by atomic mass is 10.2. The topological polar surface area (TPSA) is 100.0 Å². The first-order valence-electron chi connectivity index (χ1n) is 8.39. The molecule has 0 aliphatic rings. The molecule has 7 heteroatoms. The van der Waals surface area contributed by atoms with Gasteiger partial charge in [-0.1, -0.05) is 18.2 Å². The molecule has 0 bridgehead atoms. The minimum atomic E-state index is -0.262. The Balaban J connectivity index is 1.79. The quantitative estimate of drug-likeness (QED) is 0.728. The number of carbonyl (C=O) groups excluding carboxylic acids is 1. The summed E-state index contributed by atoms with van der Waals surface area (Å²) >= 11 is 0. The first-order valence-corrected chi connectivity index (χ1v) is 8.39. The fourth-order valence-corrected chi connectivity index (χ4v) is 2.69. The van der Waals surface area contributed by atoms with Crippen molar-refractivity contribution in [1.29, 1.82) is 5.26 Å². The summed E-state index contributed by atoms with van der Waals surface area (Å²) in [5.41, 5.74) is 9.08. The second kappa shape index (κ2) is 7.62. The number of para-hydroxylation sites is 1. The van der Waals surface area contributed by atoms with E-state index >= 15 is 0 Å². The molecule has 3 N–H and O–H groups in total. The number of nitriles is 1. The Kier molecular flexibility index (Phi) is 5.08. The lowest BCUT2D eigenvalue weighted by molar-refractivity contribution is -0.115. The van der Waals surface area contributed by atoms with Gasteiger partial charge in [0, 0.05) is 25.5 Å². The van der Waals surface area contributed by atoms with Gasteiger partial charge < -0.3 is 16.0 Å². The molecular weight excluding hydrogens is 340 g/mol. The van der Waals surface area contributed by atoms with E-state index in [1.165, 1.54) is 4.68 Å². The van der Waals surface area contributed by atoms with Gasteiger partial charge in [-0.15, -0.1) is 0 Å². The average Bonchev–Trinajstić information content (AvgIpc) is 2.98. The predicted octanol–water partition coefficient (Wildman–Crippen LogP) is 2.57. The smallest absolute Gasteiger partial charge is 0.230 e. The predicted molar refractivity (Wildman–Crippen MR) is 106 cm³/mol. The van der Waals surface area contributed by atoms with E-state index in [0.717, 1.165) is 11.4 Å². The second-order valence-corrected chi connectivity index (χ2v) is 6.23. The summed E-state index contributed by atoms with van der Waals surface area (Å²) in [7, 11) is 3.90. The van der Waals surface area contributed by atoms with Gasteiger partial charge in [0.15, 0.2) is 0 Å². The minimum Gasteiger partial charge on any atom is -0.382 e. The third-order valence-corrected chi connectivity index (χ3v) is 4.10. The third-order valence-electron chi connectivity index (χ3n) is 4.10. The molecule has 0 aliphatic carbocycles. The van der Waals surface area contributed by atoms with Crippen LogP contribution in [0.4, 0.5) is 17.2 Å². The molecule has 0 saturated carbocycles. The van der Waals surface area contributed by atoms with Crippen LogP contribution < -0.4 is 16.0 Å². The van der Waals surface area contributed by atoms with Gasteiger partial charge in [-0.25, -0.2) is 4.68 Å². The monoisotopic (exact) mass is 360 g/mol. The van der Waals surface area contributed by atoms with E-state index in [1.807, 2.05) is 79.7 Å². The number of anilines is 3. The second-order valence-electron chi connectivity index (χ2n) is 6.23. The number of amides is 1. The van der Waals surface area contributed by atoms with Gasteiger partial charge in [0.2, 0.25) is 5.91 Å². The van der Waals surface area contributed by atoms with Crippen molar-refractivity contribution in [3.8, 4) is 11.8 Å². The van der Waals surface area contributed by atoms with Gasteiger partial charge >= 0.3 is 0 Å². The van der Waals surface area contributed by atoms with E-state index in [9.17, 15) is 10.1 Å². The average molecular weight is 360 g/mol. The fourth-order valence-electron chi connectivity index (χ4n) is 2.69. The molecule has 0 spiro atoms. The molecule has 3 rings (SSSR count). The number of nitrogens with one attached hydrogen (secondary N) is 1. The Bertz CT molecular complexity index is 984. The first-order chi connectivity index (χ1) is 13.0. The Morgan fingerprint density at radius 1 is 1.19 bits per heavy atom. The van der Waals surface area contributed by atoms with E-state index in [4.69, 9.17) is 5.73 Å². The molecule has 0 fully saturated rings. The van der Waals surface area contributed by atoms with Crippen LogP contribution in [-0.2, 0) is 11.2 Å². The zero-order valence-corrected chi connectivity index (χ0v) is 15.2. The highest BCUT2D eigenvalue weighted by molar-refractivity contribution is 5.92. The molecule has 1 amide bonds. The summed E-state index contributed by atoms with van der Waals surface area (Å²) in [5.74, 6) is -0.0383. The van der Waals surface area contributed by atoms with Crippen LogP contribution in [0.1, 0.15) is 11.3 Å². The summed E-state index contributed by atoms with van der Waals surface area (Å²) in [6.45, 7) is 0. The van der Waals surface area contributed by atoms with Crippen molar-refractivity contribution in [1.82, 2.24) is 9.78 Å². The molecule has 2 aromatic carbocycles. The normalized spacial score (nSPS) is 10.3. The van der Waals surface area contributed by atoms with Crippen molar-refractivity contribution in [3.63, 3.8) is 0 Å². The maximum absolute atomic E-state index is 12.4. The van der Waals surface area contributed by atoms with Crippen molar-refractivity contribution in [2.45, 2.75) is 6.42 Å². The summed E-state index contributed by atoms with van der Waals surface area (Å²) in [6.07, 6.45) is -0.0393. The number of rotatable bonds is 5. The van der Waals surface area contributed by atoms with Gasteiger partial charge in [0.25, 0.3) is 0 Å². The standard InChI is InChI=1S/C20H20N6O/c1-25(2)15-10-8-14(9-11-15)23-19(27)12-18-17(13-21)20(22)26(24-18)16-6-4-3-5-7-16/h3-11H,12,22H2,1-2H3,(H,23,27). The maximum Gasteiger partial charge on any atom is 0.230 e. The fraction of sp³-hybridized carbons (Fsp3) is 0.150. The van der Waals surface area contributed by atoms with E-state index in [1.54, 1.807) is 0 Å². The van der Waals surface area contributed by atoms with E-state index < -0.39 is 0 Å². The van der Waals surface area contributed by atoms with Gasteiger partial charge in [0.1, 0.15) is 17.5 Å². The van der Waals surface area contributed by atoms with Crippen LogP contribution in [0.3, 0.4) is 0 Å². The Morgan fingerprint density at radius 3 is 2.44 bits per heavy atom. The first kappa shape index (κ1) is 18.0. The molecule has 3 aromatic rings. The van der Waals surface area contributed by atoms with Crippen LogP contribution in [0, 0.1) is 11.3 Å². The molecule has 27 heavy (non-hydrogen) atoms. The minimum absolute atomic E-state index is 0.0393. The molecule has 0 unspecified atom stereocenters. The van der Waals surface area contributed by atoms with Crippen LogP contribution in [0.2, 0.25) is 0 Å². The largest absolute Gasteiger partial charge is 0.382 e. The van der Waals surface area contributed by atoms with Crippen molar-refractivity contribution >= 4 is 23.1 Å². The molecule has 1 aromatic heterocycles. The van der Waals surface area contributed by atoms with Gasteiger partial charge in [0.05, 0.1) is 17.8 Å². The van der Waals surface area contributed by atoms with E-state index in [0.29, 0.717) is 11.4 Å². The Hall–Kier alpha value is -3.79. The summed E-state index contributed by atoms with van der Waals surface area (Å²) in [5, 5.41) is 16.6. The van der Waals surface area contributed by atoms with Crippen LogP contribution in [0.25, 0.3) is 5.69 Å². The van der Waals surface area contributed by atoms with Crippen LogP contribution >= 0.6 is 0 Å². The van der Waals surface area contributed by atoms with Gasteiger partial charge in [-0.3, -0.25) is 4.79 Å². The highest BCUT2D eigenvalue weighted by Gasteiger charge is 2.19. The van der Waals surface area contributed by atoms with Gasteiger partial charge in [-0.2, -0.15) is 10.4 Å². The van der Waals surface area contributed by atoms with E-state index in [2.05, 4.69) is 10.4 Å². The number of carbonyl (C=O) groups is 1. The summed E-state index contributed by atoms with van der Waals surface area (Å²) < 4.78 is 1.48. The van der Waals surface area contributed by atoms with Crippen molar-refractivity contribution < 1.29 is 4.79 Å². The molecule has 0 saturated heterocycles. The number of nitrogens with two attached hydrogens (primary N) is 1. The van der Waals surface area contributed by atoms with Crippen molar-refractivity contribution in [3.05, 3.63) is 65.9 Å². The zero-order valence-electron chi connectivity index (χ0n) is 15.2. The third kappa shape index (κ3) is 3.90. The number of hydrogen-bond acceptors (Lipinski definition) is 5. The highest BCUT2D eigenvalue weighted by Crippen LogP contribution is 2.21. The van der Waals surface area contributed by atoms with Gasteiger partial charge in [-0.05, 0) is 36.4 Å². The van der Waals surface area contributed by atoms with Crippen LogP contribution in [-0.4, -0.2) is 29.8 Å². The molecular formula is C20H20N6O. The van der Waals surface area contributed by atoms with Crippen LogP contribution in [0.15, 0.2) is 54.6 Å². The zero-order chi connectivity index (χ0) is 19.4. The molecule has 0 radical (unpaired) electrons. The van der Waals surface area contributed by atoms with E-state index in [-0.39, 0.29) is 23.7 Å².